The number of hydrogen-bond acceptors (Lipinski definition) is 3. The van der Waals surface area contributed by atoms with E-state index in [9.17, 15) is 4.79 Å². The average molecular weight is 296 g/mol. The first kappa shape index (κ1) is 11.9. The number of pyridine rings is 1. The highest BCUT2D eigenvalue weighted by Gasteiger charge is 2.05. The lowest BCUT2D eigenvalue weighted by Crippen LogP contribution is -2.19. The predicted molar refractivity (Wildman–Crippen MR) is 70.2 cm³/mol. The lowest BCUT2D eigenvalue weighted by atomic mass is 10.4. The second-order valence-corrected chi connectivity index (χ2v) is 4.49. The lowest BCUT2D eigenvalue weighted by molar-refractivity contribution is 0.702. The van der Waals surface area contributed by atoms with E-state index in [2.05, 4.69) is 33.3 Å². The van der Waals surface area contributed by atoms with Gasteiger partial charge in [-0.15, -0.1) is 0 Å². The van der Waals surface area contributed by atoms with Crippen molar-refractivity contribution >= 4 is 27.4 Å². The van der Waals surface area contributed by atoms with Gasteiger partial charge in [0.05, 0.1) is 0 Å². The number of nitrogens with one attached hydrogen (secondary N) is 1. The molecule has 2 rings (SSSR count). The highest BCUT2D eigenvalue weighted by molar-refractivity contribution is 9.10. The molecule has 0 unspecified atom stereocenters. The van der Waals surface area contributed by atoms with Crippen molar-refractivity contribution in [3.8, 4) is 0 Å². The molecule has 0 saturated heterocycles. The molecule has 1 radical (unpaired) electrons. The molecule has 0 aromatic carbocycles. The molecule has 0 saturated carbocycles. The number of hydrogen-bond donors (Lipinski definition) is 1. The monoisotopic (exact) mass is 295 g/mol. The van der Waals surface area contributed by atoms with Gasteiger partial charge in [0.1, 0.15) is 5.69 Å². The second kappa shape index (κ2) is 4.75. The minimum absolute atomic E-state index is 0.0997. The molecule has 0 aliphatic carbocycles. The summed E-state index contributed by atoms with van der Waals surface area (Å²) in [6.45, 7) is 4.28. The Balaban J connectivity index is 2.32. The van der Waals surface area contributed by atoms with Crippen molar-refractivity contribution in [2.24, 2.45) is 7.05 Å². The van der Waals surface area contributed by atoms with E-state index in [1.54, 1.807) is 36.3 Å². The zero-order valence-electron chi connectivity index (χ0n) is 9.35. The number of rotatable bonds is 3. The minimum Gasteiger partial charge on any atom is -0.334 e. The van der Waals surface area contributed by atoms with E-state index in [0.29, 0.717) is 18.1 Å². The molecule has 2 heterocycles. The van der Waals surface area contributed by atoms with Gasteiger partial charge in [-0.2, -0.15) is 5.10 Å². The van der Waals surface area contributed by atoms with Crippen molar-refractivity contribution in [1.82, 2.24) is 14.3 Å². The standard InChI is InChI=1S/C11H12BrN4O/c1-3-16-5-4-10(14-16)13-9-6-8(12)7-15(2)11(9)17/h4-7H,1,3H2,2H3,(H,13,14). The van der Waals surface area contributed by atoms with Crippen LogP contribution in [0.1, 0.15) is 0 Å². The van der Waals surface area contributed by atoms with Gasteiger partial charge in [0.25, 0.3) is 5.56 Å². The fraction of sp³-hybridized carbons (Fsp3) is 0.182. The Morgan fingerprint density at radius 2 is 2.35 bits per heavy atom. The molecule has 2 aromatic heterocycles. The summed E-state index contributed by atoms with van der Waals surface area (Å²) in [5, 5.41) is 7.19. The topological polar surface area (TPSA) is 51.9 Å². The first-order valence-electron chi connectivity index (χ1n) is 5.06. The maximum absolute atomic E-state index is 11.8. The van der Waals surface area contributed by atoms with Gasteiger partial charge in [-0.3, -0.25) is 9.48 Å². The van der Waals surface area contributed by atoms with Crippen molar-refractivity contribution in [3.05, 3.63) is 46.3 Å². The maximum atomic E-state index is 11.8. The third-order valence-electron chi connectivity index (χ3n) is 2.28. The molecular weight excluding hydrogens is 284 g/mol. The van der Waals surface area contributed by atoms with Gasteiger partial charge in [-0.25, -0.2) is 0 Å². The number of aryl methyl sites for hydroxylation is 1. The average Bonchev–Trinajstić information content (AvgIpc) is 2.73. The van der Waals surface area contributed by atoms with Crippen LogP contribution < -0.4 is 10.9 Å². The van der Waals surface area contributed by atoms with Crippen LogP contribution in [0.4, 0.5) is 11.5 Å². The van der Waals surface area contributed by atoms with E-state index < -0.39 is 0 Å². The van der Waals surface area contributed by atoms with Gasteiger partial charge in [0, 0.05) is 36.5 Å². The number of nitrogens with zero attached hydrogens (tertiary/aromatic N) is 3. The first-order valence-corrected chi connectivity index (χ1v) is 5.85. The van der Waals surface area contributed by atoms with Crippen molar-refractivity contribution in [2.75, 3.05) is 5.32 Å². The Morgan fingerprint density at radius 3 is 3.00 bits per heavy atom. The van der Waals surface area contributed by atoms with E-state index >= 15 is 0 Å². The van der Waals surface area contributed by atoms with E-state index in [-0.39, 0.29) is 5.56 Å². The molecule has 0 fully saturated rings. The highest BCUT2D eigenvalue weighted by Crippen LogP contribution is 2.15. The molecule has 5 nitrogen and oxygen atoms in total. The number of aromatic nitrogens is 3. The van der Waals surface area contributed by atoms with E-state index in [1.165, 1.54) is 4.57 Å². The van der Waals surface area contributed by atoms with Gasteiger partial charge >= 0.3 is 0 Å². The van der Waals surface area contributed by atoms with Gasteiger partial charge in [-0.05, 0) is 28.9 Å². The zero-order valence-corrected chi connectivity index (χ0v) is 10.9. The Morgan fingerprint density at radius 1 is 1.59 bits per heavy atom. The number of halogens is 1. The van der Waals surface area contributed by atoms with Gasteiger partial charge < -0.3 is 9.88 Å². The van der Waals surface area contributed by atoms with E-state index in [1.807, 2.05) is 0 Å². The molecule has 0 aliphatic rings. The molecule has 1 N–H and O–H groups in total. The zero-order chi connectivity index (χ0) is 12.4. The summed E-state index contributed by atoms with van der Waals surface area (Å²) in [5.41, 5.74) is 0.383. The van der Waals surface area contributed by atoms with Crippen molar-refractivity contribution in [1.29, 1.82) is 0 Å². The molecule has 6 heteroatoms. The van der Waals surface area contributed by atoms with Gasteiger partial charge in [-0.1, -0.05) is 0 Å². The van der Waals surface area contributed by atoms with Crippen LogP contribution in [-0.2, 0) is 13.6 Å². The summed E-state index contributed by atoms with van der Waals surface area (Å²) in [4.78, 5) is 11.8. The maximum Gasteiger partial charge on any atom is 0.274 e. The van der Waals surface area contributed by atoms with Gasteiger partial charge in [0.2, 0.25) is 0 Å². The summed E-state index contributed by atoms with van der Waals surface area (Å²) in [6, 6.07) is 3.52. The molecule has 0 amide bonds. The lowest BCUT2D eigenvalue weighted by Gasteiger charge is -2.05. The fourth-order valence-corrected chi connectivity index (χ4v) is 1.99. The van der Waals surface area contributed by atoms with Crippen LogP contribution in [0.15, 0.2) is 33.8 Å². The molecule has 0 atom stereocenters. The normalized spacial score (nSPS) is 10.5. The Kier molecular flexibility index (Phi) is 3.33. The van der Waals surface area contributed by atoms with Crippen LogP contribution in [0.25, 0.3) is 0 Å². The summed E-state index contributed by atoms with van der Waals surface area (Å²) in [5.74, 6) is 0.629. The smallest absolute Gasteiger partial charge is 0.274 e. The summed E-state index contributed by atoms with van der Waals surface area (Å²) < 4.78 is 4.02. The van der Waals surface area contributed by atoms with Crippen LogP contribution in [0.2, 0.25) is 0 Å². The molecule has 89 valence electrons. The third kappa shape index (κ3) is 2.58. The third-order valence-corrected chi connectivity index (χ3v) is 2.72. The minimum atomic E-state index is -0.0997. The van der Waals surface area contributed by atoms with Crippen LogP contribution in [0.3, 0.4) is 0 Å². The fourth-order valence-electron chi connectivity index (χ4n) is 1.45. The van der Waals surface area contributed by atoms with Crippen LogP contribution in [0.5, 0.6) is 0 Å². The quantitative estimate of drug-likeness (QED) is 0.941. The molecular formula is C11H12BrN4O. The van der Waals surface area contributed by atoms with E-state index in [4.69, 9.17) is 0 Å². The van der Waals surface area contributed by atoms with Crippen molar-refractivity contribution in [2.45, 2.75) is 6.54 Å². The van der Waals surface area contributed by atoms with Crippen LogP contribution in [0, 0.1) is 6.92 Å². The SMILES string of the molecule is [CH2]Cn1ccc(Nc2cc(Br)cn(C)c2=O)n1. The summed E-state index contributed by atoms with van der Waals surface area (Å²) in [6.07, 6.45) is 3.51. The molecule has 0 aliphatic heterocycles. The van der Waals surface area contributed by atoms with Crippen LogP contribution >= 0.6 is 15.9 Å². The highest BCUT2D eigenvalue weighted by atomic mass is 79.9. The second-order valence-electron chi connectivity index (χ2n) is 3.58. The van der Waals surface area contributed by atoms with Crippen molar-refractivity contribution < 1.29 is 0 Å². The van der Waals surface area contributed by atoms with Crippen LogP contribution in [-0.4, -0.2) is 14.3 Å². The Bertz CT molecular complexity index is 587. The Hall–Kier alpha value is -1.56. The molecule has 17 heavy (non-hydrogen) atoms. The molecule has 0 spiro atoms. The number of anilines is 2. The molecule has 0 bridgehead atoms. The Labute approximate surface area is 107 Å². The first-order chi connectivity index (χ1) is 8.10. The molecule has 2 aromatic rings. The summed E-state index contributed by atoms with van der Waals surface area (Å²) in [7, 11) is 1.70. The van der Waals surface area contributed by atoms with E-state index in [0.717, 1.165) is 4.47 Å². The predicted octanol–water partition coefficient (Wildman–Crippen LogP) is 1.92. The largest absolute Gasteiger partial charge is 0.334 e. The van der Waals surface area contributed by atoms with Gasteiger partial charge in [0.15, 0.2) is 5.82 Å². The van der Waals surface area contributed by atoms with Crippen molar-refractivity contribution in [3.63, 3.8) is 0 Å². The summed E-state index contributed by atoms with van der Waals surface area (Å²) >= 11 is 3.34.